The third-order valence-electron chi connectivity index (χ3n) is 5.23. The van der Waals surface area contributed by atoms with E-state index in [0.717, 1.165) is 29.3 Å². The molecule has 0 saturated carbocycles. The smallest absolute Gasteiger partial charge is 0.138 e. The monoisotopic (exact) mass is 386 g/mol. The van der Waals surface area contributed by atoms with E-state index in [1.165, 1.54) is 5.56 Å². The van der Waals surface area contributed by atoms with Crippen molar-refractivity contribution in [3.8, 4) is 0 Å². The SMILES string of the molecule is Clc1cccc(NC2=C3C=CC=C4NC=CC43N(Cc3ccccc3)C=N2)c1. The first-order valence-electron chi connectivity index (χ1n) is 9.21. The van der Waals surface area contributed by atoms with Gasteiger partial charge in [-0.3, -0.25) is 0 Å². The fraction of sp³-hybridized carbons (Fsp3) is 0.0870. The van der Waals surface area contributed by atoms with Crippen LogP contribution < -0.4 is 10.6 Å². The first-order chi connectivity index (χ1) is 13.8. The number of hydrogen-bond donors (Lipinski definition) is 2. The molecular formula is C23H19ClN4. The van der Waals surface area contributed by atoms with E-state index in [0.29, 0.717) is 5.02 Å². The van der Waals surface area contributed by atoms with Gasteiger partial charge in [0.05, 0.1) is 6.34 Å². The minimum Gasteiger partial charge on any atom is -0.363 e. The summed E-state index contributed by atoms with van der Waals surface area (Å²) in [6.45, 7) is 0.759. The van der Waals surface area contributed by atoms with E-state index in [2.05, 4.69) is 64.1 Å². The van der Waals surface area contributed by atoms with Crippen LogP contribution in [0.15, 0.2) is 107 Å². The summed E-state index contributed by atoms with van der Waals surface area (Å²) in [5, 5.41) is 7.54. The molecule has 138 valence electrons. The number of nitrogens with zero attached hydrogens (tertiary/aromatic N) is 2. The normalized spacial score (nSPS) is 21.9. The zero-order valence-corrected chi connectivity index (χ0v) is 15.9. The minimum absolute atomic E-state index is 0.396. The van der Waals surface area contributed by atoms with Crippen LogP contribution in [-0.2, 0) is 6.54 Å². The van der Waals surface area contributed by atoms with Gasteiger partial charge in [-0.2, -0.15) is 0 Å². The van der Waals surface area contributed by atoms with Crippen molar-refractivity contribution in [2.75, 3.05) is 5.32 Å². The summed E-state index contributed by atoms with van der Waals surface area (Å²) < 4.78 is 0. The fourth-order valence-electron chi connectivity index (χ4n) is 3.93. The molecule has 28 heavy (non-hydrogen) atoms. The second-order valence-electron chi connectivity index (χ2n) is 6.94. The van der Waals surface area contributed by atoms with E-state index in [-0.39, 0.29) is 0 Å². The van der Waals surface area contributed by atoms with Gasteiger partial charge in [0.15, 0.2) is 0 Å². The lowest BCUT2D eigenvalue weighted by Crippen LogP contribution is -2.52. The maximum atomic E-state index is 6.15. The highest BCUT2D eigenvalue weighted by Crippen LogP contribution is 2.43. The summed E-state index contributed by atoms with van der Waals surface area (Å²) in [7, 11) is 0. The van der Waals surface area contributed by atoms with Crippen LogP contribution in [0.5, 0.6) is 0 Å². The van der Waals surface area contributed by atoms with Crippen molar-refractivity contribution in [2.45, 2.75) is 12.1 Å². The van der Waals surface area contributed by atoms with E-state index < -0.39 is 5.54 Å². The van der Waals surface area contributed by atoms with Gasteiger partial charge in [-0.25, -0.2) is 4.99 Å². The summed E-state index contributed by atoms with van der Waals surface area (Å²) in [5.41, 5.74) is 3.98. The van der Waals surface area contributed by atoms with Gasteiger partial charge < -0.3 is 15.5 Å². The van der Waals surface area contributed by atoms with Crippen molar-refractivity contribution in [3.05, 3.63) is 113 Å². The Balaban J connectivity index is 1.56. The Morgan fingerprint density at radius 1 is 1.11 bits per heavy atom. The van der Waals surface area contributed by atoms with Crippen LogP contribution in [0, 0.1) is 0 Å². The molecule has 5 rings (SSSR count). The molecular weight excluding hydrogens is 368 g/mol. The van der Waals surface area contributed by atoms with Crippen LogP contribution in [0.3, 0.4) is 0 Å². The van der Waals surface area contributed by atoms with E-state index in [4.69, 9.17) is 16.6 Å². The summed E-state index contributed by atoms with van der Waals surface area (Å²) in [4.78, 5) is 7.03. The predicted octanol–water partition coefficient (Wildman–Crippen LogP) is 4.82. The molecule has 1 spiro atoms. The van der Waals surface area contributed by atoms with E-state index in [1.54, 1.807) is 0 Å². The largest absolute Gasteiger partial charge is 0.363 e. The molecule has 2 aromatic carbocycles. The molecule has 1 unspecified atom stereocenters. The number of hydrogen-bond acceptors (Lipinski definition) is 4. The van der Waals surface area contributed by atoms with E-state index in [1.807, 2.05) is 42.9 Å². The number of aliphatic imine (C=N–C) groups is 1. The maximum absolute atomic E-state index is 6.15. The molecule has 0 radical (unpaired) electrons. The highest BCUT2D eigenvalue weighted by Gasteiger charge is 2.46. The highest BCUT2D eigenvalue weighted by molar-refractivity contribution is 6.30. The van der Waals surface area contributed by atoms with Crippen LogP contribution >= 0.6 is 11.6 Å². The Hall–Kier alpha value is -3.24. The maximum Gasteiger partial charge on any atom is 0.138 e. The molecule has 4 nitrogen and oxygen atoms in total. The first kappa shape index (κ1) is 16.9. The minimum atomic E-state index is -0.396. The molecule has 1 aliphatic carbocycles. The average molecular weight is 387 g/mol. The topological polar surface area (TPSA) is 39.7 Å². The van der Waals surface area contributed by atoms with Crippen LogP contribution in [0.25, 0.3) is 0 Å². The first-order valence-corrected chi connectivity index (χ1v) is 9.59. The van der Waals surface area contributed by atoms with E-state index in [9.17, 15) is 0 Å². The number of allylic oxidation sites excluding steroid dienone is 2. The molecule has 2 aliphatic heterocycles. The zero-order chi connectivity index (χ0) is 19.0. The Morgan fingerprint density at radius 2 is 2.00 bits per heavy atom. The molecule has 5 heteroatoms. The molecule has 2 N–H and O–H groups in total. The quantitative estimate of drug-likeness (QED) is 0.791. The molecule has 2 heterocycles. The molecule has 0 bridgehead atoms. The van der Waals surface area contributed by atoms with Crippen LogP contribution in [0.4, 0.5) is 5.69 Å². The lowest BCUT2D eigenvalue weighted by molar-refractivity contribution is 0.303. The fourth-order valence-corrected chi connectivity index (χ4v) is 4.12. The molecule has 0 amide bonds. The number of halogens is 1. The number of nitrogens with one attached hydrogen (secondary N) is 2. The van der Waals surface area contributed by atoms with Gasteiger partial charge in [0, 0.05) is 28.5 Å². The molecule has 0 aromatic heterocycles. The van der Waals surface area contributed by atoms with Gasteiger partial charge in [0.1, 0.15) is 11.4 Å². The lowest BCUT2D eigenvalue weighted by Gasteiger charge is -2.44. The number of anilines is 1. The zero-order valence-electron chi connectivity index (χ0n) is 15.1. The summed E-state index contributed by atoms with van der Waals surface area (Å²) in [6, 6.07) is 18.1. The van der Waals surface area contributed by atoms with Crippen molar-refractivity contribution in [1.29, 1.82) is 0 Å². The van der Waals surface area contributed by atoms with Crippen molar-refractivity contribution < 1.29 is 0 Å². The predicted molar refractivity (Wildman–Crippen MR) is 115 cm³/mol. The second kappa shape index (κ2) is 6.73. The summed E-state index contributed by atoms with van der Waals surface area (Å²) in [5.74, 6) is 0.821. The standard InChI is InChI=1S/C23H19ClN4/c24-18-8-4-9-19(14-18)27-22-20-10-5-11-21-23(20,12-13-25-21)28(16-26-22)15-17-6-2-1-3-7-17/h1-14,16,25,27H,15H2. The van der Waals surface area contributed by atoms with Gasteiger partial charge in [-0.05, 0) is 42.1 Å². The van der Waals surface area contributed by atoms with Crippen LogP contribution in [0.2, 0.25) is 5.02 Å². The molecule has 0 saturated heterocycles. The summed E-state index contributed by atoms with van der Waals surface area (Å²) >= 11 is 6.15. The summed E-state index contributed by atoms with van der Waals surface area (Å²) in [6.07, 6.45) is 12.4. The Labute approximate surface area is 169 Å². The molecule has 3 aliphatic rings. The highest BCUT2D eigenvalue weighted by atomic mass is 35.5. The van der Waals surface area contributed by atoms with Gasteiger partial charge in [0.25, 0.3) is 0 Å². The number of rotatable bonds is 4. The van der Waals surface area contributed by atoms with Crippen molar-refractivity contribution in [1.82, 2.24) is 10.2 Å². The lowest BCUT2D eigenvalue weighted by atomic mass is 9.81. The average Bonchev–Trinajstić information content (AvgIpc) is 3.15. The Bertz CT molecular complexity index is 1070. The van der Waals surface area contributed by atoms with Gasteiger partial charge in [-0.15, -0.1) is 0 Å². The van der Waals surface area contributed by atoms with Crippen molar-refractivity contribution in [3.63, 3.8) is 0 Å². The van der Waals surface area contributed by atoms with Crippen molar-refractivity contribution in [2.24, 2.45) is 4.99 Å². The second-order valence-corrected chi connectivity index (χ2v) is 7.38. The molecule has 0 fully saturated rings. The van der Waals surface area contributed by atoms with Crippen LogP contribution in [-0.4, -0.2) is 16.8 Å². The third-order valence-corrected chi connectivity index (χ3v) is 5.46. The van der Waals surface area contributed by atoms with Gasteiger partial charge in [-0.1, -0.05) is 60.2 Å². The third kappa shape index (κ3) is 2.74. The van der Waals surface area contributed by atoms with E-state index >= 15 is 0 Å². The van der Waals surface area contributed by atoms with Gasteiger partial charge >= 0.3 is 0 Å². The van der Waals surface area contributed by atoms with Crippen molar-refractivity contribution >= 4 is 23.6 Å². The molecule has 1 atom stereocenters. The van der Waals surface area contributed by atoms with Gasteiger partial charge in [0.2, 0.25) is 0 Å². The Kier molecular flexibility index (Phi) is 4.06. The molecule has 2 aromatic rings. The number of benzene rings is 2. The Morgan fingerprint density at radius 3 is 2.86 bits per heavy atom. The van der Waals surface area contributed by atoms with Crippen LogP contribution in [0.1, 0.15) is 5.56 Å².